The van der Waals surface area contributed by atoms with Crippen molar-refractivity contribution in [1.29, 1.82) is 0 Å². The van der Waals surface area contributed by atoms with Crippen LogP contribution < -0.4 is 0 Å². The molecule has 18 nitrogen and oxygen atoms in total. The quantitative estimate of drug-likeness (QED) is 0.0955. The van der Waals surface area contributed by atoms with Gasteiger partial charge in [0, 0.05) is 63.2 Å². The lowest BCUT2D eigenvalue weighted by molar-refractivity contribution is -0.345. The van der Waals surface area contributed by atoms with Crippen molar-refractivity contribution in [1.82, 2.24) is 0 Å². The molecule has 4 aliphatic heterocycles. The summed E-state index contributed by atoms with van der Waals surface area (Å²) in [6.45, 7) is 12.7. The summed E-state index contributed by atoms with van der Waals surface area (Å²) in [5, 5.41) is 59.0. The molecule has 4 aliphatic carbocycles. The smallest absolute Gasteiger partial charge is 0.331 e. The second-order valence-corrected chi connectivity index (χ2v) is 23.1. The Balaban J connectivity index is 0.787. The van der Waals surface area contributed by atoms with E-state index in [0.29, 0.717) is 32.1 Å². The number of aliphatic hydroxyl groups is 5. The van der Waals surface area contributed by atoms with Crippen LogP contribution in [0.3, 0.4) is 0 Å². The van der Waals surface area contributed by atoms with E-state index < -0.39 is 144 Å². The van der Waals surface area contributed by atoms with E-state index in [-0.39, 0.29) is 50.4 Å². The second-order valence-electron chi connectivity index (χ2n) is 23.1. The molecule has 0 radical (unpaired) electrons. The van der Waals surface area contributed by atoms with Crippen LogP contribution in [0.4, 0.5) is 0 Å². The van der Waals surface area contributed by atoms with E-state index in [9.17, 15) is 35.1 Å². The summed E-state index contributed by atoms with van der Waals surface area (Å²) in [6, 6.07) is 9.42. The van der Waals surface area contributed by atoms with E-state index in [1.165, 1.54) is 20.1 Å². The third-order valence-electron chi connectivity index (χ3n) is 18.8. The fraction of sp³-hybridized carbons (Fsp3) is 0.786. The van der Waals surface area contributed by atoms with Crippen molar-refractivity contribution < 1.29 is 87.2 Å². The molecule has 24 atom stereocenters. The zero-order valence-electron chi connectivity index (χ0n) is 44.5. The number of rotatable bonds is 14. The molecule has 0 unspecified atom stereocenters. The van der Waals surface area contributed by atoms with E-state index in [0.717, 1.165) is 11.1 Å². The molecule has 74 heavy (non-hydrogen) atoms. The Morgan fingerprint density at radius 1 is 0.689 bits per heavy atom. The molecule has 1 aromatic carbocycles. The Morgan fingerprint density at radius 3 is 1.84 bits per heavy atom. The minimum atomic E-state index is -1.70. The molecule has 0 spiro atoms. The first kappa shape index (κ1) is 56.0. The third-order valence-corrected chi connectivity index (χ3v) is 18.8. The summed E-state index contributed by atoms with van der Waals surface area (Å²) in [6.07, 6.45) is -2.99. The van der Waals surface area contributed by atoms with Gasteiger partial charge in [0.1, 0.15) is 47.5 Å². The van der Waals surface area contributed by atoms with Gasteiger partial charge in [0.15, 0.2) is 25.2 Å². The molecule has 1 aromatic rings. The Hall–Kier alpha value is -2.76. The maximum Gasteiger partial charge on any atom is 0.331 e. The van der Waals surface area contributed by atoms with E-state index in [1.54, 1.807) is 27.0 Å². The molecule has 414 valence electrons. The van der Waals surface area contributed by atoms with Gasteiger partial charge in [-0.05, 0) is 96.6 Å². The Labute approximate surface area is 435 Å². The average molecular weight is 1040 g/mol. The van der Waals surface area contributed by atoms with E-state index in [4.69, 9.17) is 52.1 Å². The fourth-order valence-corrected chi connectivity index (χ4v) is 14.6. The minimum Gasteiger partial charge on any atom is -0.458 e. The van der Waals surface area contributed by atoms with Crippen LogP contribution in [0.1, 0.15) is 125 Å². The molecule has 4 heterocycles. The van der Waals surface area contributed by atoms with Gasteiger partial charge in [-0.2, -0.15) is 0 Å². The zero-order chi connectivity index (χ0) is 53.1. The Kier molecular flexibility index (Phi) is 16.8. The van der Waals surface area contributed by atoms with Crippen LogP contribution in [-0.2, 0) is 61.7 Å². The van der Waals surface area contributed by atoms with Gasteiger partial charge in [-0.25, -0.2) is 4.79 Å². The van der Waals surface area contributed by atoms with Crippen LogP contribution in [0.2, 0.25) is 0 Å². The summed E-state index contributed by atoms with van der Waals surface area (Å²) in [5.74, 6) is -1.75. The first-order chi connectivity index (χ1) is 35.1. The average Bonchev–Trinajstić information content (AvgIpc) is 3.68. The molecule has 4 saturated heterocycles. The molecule has 9 rings (SSSR count). The SMILES string of the molecule is CO[C@@H]1C[C@H](O[C@H]2[C@@H](O)C[C@H](O[C@@H]3[C@@H](C)O[C@@H](O[C@H]4[C@@H](O)C[C@H](O[C@H]5CC[C@@]6(C)C(=CC[C@]7(O)[C@@H]6C[C@@H](OC(=O)/C=C/c6ccccc6)[C@]6(C)[C@H](C(C)=O)CC[C@@]67O)C5)O[C@@H]4C)C[C@H]3OC)O[C@@H]2C)O[C@H](C)[C@H]1O. The highest BCUT2D eigenvalue weighted by molar-refractivity contribution is 5.87. The van der Waals surface area contributed by atoms with Crippen LogP contribution in [0, 0.1) is 22.7 Å². The number of methoxy groups -OCH3 is 2. The number of esters is 1. The third kappa shape index (κ3) is 10.4. The standard InChI is InChI=1S/C56H82O18/c1-29(57)37-19-22-56(63)54(37,7)43(71-44(60)16-15-34-13-11-10-12-14-34)28-42-53(6)20-18-36(23-35(53)17-21-55(42,56)62)70-45-24-38(58)50(31(3)67-45)73-48-27-41(65-9)52(33(5)69-48)74-46-25-39(59)51(32(4)68-46)72-47-26-40(64-8)49(61)30(2)66-47/h10-17,30-33,36-43,45-52,58-59,61-63H,18-28H2,1-9H3/b16-15+/t30-,31-,32-,33-,36+,37+,38+,39+,40-,41-,42-,43-,45+,46+,47+,48+,49-,50-,51-,52-,53+,54+,55+,56-/m1/s1. The number of Topliss-reactive ketones (excluding diaryl/α,β-unsaturated/α-hetero) is 1. The normalized spacial score (nSPS) is 48.5. The van der Waals surface area contributed by atoms with Crippen LogP contribution in [0.25, 0.3) is 6.08 Å². The van der Waals surface area contributed by atoms with Crippen molar-refractivity contribution >= 4 is 17.8 Å². The molecule has 18 heteroatoms. The van der Waals surface area contributed by atoms with Gasteiger partial charge in [-0.3, -0.25) is 4.79 Å². The lowest BCUT2D eigenvalue weighted by atomic mass is 9.43. The lowest BCUT2D eigenvalue weighted by Crippen LogP contribution is -2.75. The van der Waals surface area contributed by atoms with Crippen LogP contribution in [0.5, 0.6) is 0 Å². The van der Waals surface area contributed by atoms with Crippen molar-refractivity contribution in [3.8, 4) is 0 Å². The zero-order valence-corrected chi connectivity index (χ0v) is 44.5. The van der Waals surface area contributed by atoms with Crippen LogP contribution in [-0.4, -0.2) is 173 Å². The van der Waals surface area contributed by atoms with Gasteiger partial charge >= 0.3 is 5.97 Å². The predicted octanol–water partition coefficient (Wildman–Crippen LogP) is 4.81. The topological polar surface area (TPSA) is 237 Å². The predicted molar refractivity (Wildman–Crippen MR) is 264 cm³/mol. The summed E-state index contributed by atoms with van der Waals surface area (Å²) in [7, 11) is 3.12. The monoisotopic (exact) mass is 1040 g/mol. The molecule has 0 amide bonds. The number of hydrogen-bond donors (Lipinski definition) is 5. The molecule has 3 saturated carbocycles. The van der Waals surface area contributed by atoms with Gasteiger partial charge in [0.05, 0.1) is 54.9 Å². The Morgan fingerprint density at radius 2 is 1.24 bits per heavy atom. The number of fused-ring (bicyclic) bond motifs is 5. The number of carbonyl (C=O) groups excluding carboxylic acids is 2. The number of carbonyl (C=O) groups is 2. The molecular formula is C56H82O18. The molecular weight excluding hydrogens is 961 g/mol. The van der Waals surface area contributed by atoms with Gasteiger partial charge in [0.25, 0.3) is 0 Å². The highest BCUT2D eigenvalue weighted by Crippen LogP contribution is 2.70. The number of benzene rings is 1. The summed E-state index contributed by atoms with van der Waals surface area (Å²) < 4.78 is 68.1. The number of ether oxygens (including phenoxy) is 11. The van der Waals surface area contributed by atoms with Gasteiger partial charge in [-0.15, -0.1) is 0 Å². The van der Waals surface area contributed by atoms with Crippen LogP contribution in [0.15, 0.2) is 48.1 Å². The summed E-state index contributed by atoms with van der Waals surface area (Å²) in [5.41, 5.74) is -3.13. The highest BCUT2D eigenvalue weighted by Gasteiger charge is 2.77. The molecule has 0 bridgehead atoms. The lowest BCUT2D eigenvalue weighted by Gasteiger charge is -2.66. The maximum atomic E-state index is 13.6. The fourth-order valence-electron chi connectivity index (χ4n) is 14.6. The van der Waals surface area contributed by atoms with E-state index >= 15 is 0 Å². The van der Waals surface area contributed by atoms with Crippen molar-refractivity contribution in [3.63, 3.8) is 0 Å². The van der Waals surface area contributed by atoms with Gasteiger partial charge < -0.3 is 77.6 Å². The number of aliphatic hydroxyl groups excluding tert-OH is 3. The van der Waals surface area contributed by atoms with Crippen molar-refractivity contribution in [2.45, 2.75) is 241 Å². The first-order valence-corrected chi connectivity index (χ1v) is 27.0. The minimum absolute atomic E-state index is 0.100. The van der Waals surface area contributed by atoms with Gasteiger partial charge in [-0.1, -0.05) is 55.8 Å². The number of hydrogen-bond acceptors (Lipinski definition) is 18. The first-order valence-electron chi connectivity index (χ1n) is 27.0. The maximum absolute atomic E-state index is 13.6. The molecule has 7 fully saturated rings. The largest absolute Gasteiger partial charge is 0.458 e. The van der Waals surface area contributed by atoms with Crippen molar-refractivity contribution in [2.75, 3.05) is 14.2 Å². The molecule has 8 aliphatic rings. The van der Waals surface area contributed by atoms with Crippen molar-refractivity contribution in [2.24, 2.45) is 22.7 Å². The van der Waals surface area contributed by atoms with Crippen LogP contribution >= 0.6 is 0 Å². The van der Waals surface area contributed by atoms with E-state index in [2.05, 4.69) is 6.92 Å². The highest BCUT2D eigenvalue weighted by atomic mass is 16.8. The molecule has 5 N–H and O–H groups in total. The second kappa shape index (κ2) is 22.2. The van der Waals surface area contributed by atoms with E-state index in [1.807, 2.05) is 57.2 Å². The Bertz CT molecular complexity index is 2150. The molecule has 0 aromatic heterocycles. The summed E-state index contributed by atoms with van der Waals surface area (Å²) in [4.78, 5) is 26.8. The van der Waals surface area contributed by atoms with Gasteiger partial charge in [0.2, 0.25) is 0 Å². The number of ketones is 1. The summed E-state index contributed by atoms with van der Waals surface area (Å²) >= 11 is 0. The van der Waals surface area contributed by atoms with Crippen molar-refractivity contribution in [3.05, 3.63) is 53.6 Å².